The molecule has 1 aromatic carbocycles. The van der Waals surface area contributed by atoms with Gasteiger partial charge in [0.05, 0.1) is 13.5 Å². The number of amides is 4. The molecule has 2 aliphatic rings. The molecular formula is C26H27N5O6. The number of pyridine rings is 1. The lowest BCUT2D eigenvalue weighted by Crippen LogP contribution is -2.46. The molecule has 1 saturated heterocycles. The Morgan fingerprint density at radius 1 is 1.22 bits per heavy atom. The number of carbonyl (C=O) groups is 4. The maximum Gasteiger partial charge on any atom is 0.269 e. The lowest BCUT2D eigenvalue weighted by molar-refractivity contribution is -0.127. The standard InChI is InChI=1S/C26H27N5O6/c1-30(2)9-8-27-23(33)18-6-7-20-19(28-18)11-21(37-20)26(12-22(32)29-25(26)35)14-31-13-15-4-5-16(36-3)10-17(15)24(31)34/h4-7,10-11H,8-9,12-14H2,1-3H3,(H,27,33)(H,29,32,35)/t26-/m1/s1. The Balaban J connectivity index is 1.44. The highest BCUT2D eigenvalue weighted by Crippen LogP contribution is 2.39. The van der Waals surface area contributed by atoms with Crippen LogP contribution in [0.25, 0.3) is 11.1 Å². The van der Waals surface area contributed by atoms with E-state index in [1.54, 1.807) is 30.3 Å². The minimum absolute atomic E-state index is 0.0574. The normalized spacial score (nSPS) is 19.0. The molecule has 2 aromatic heterocycles. The SMILES string of the molecule is COc1ccc2c(c1)C(=O)N(C[C@@]1(c3cc4nc(C(=O)NCCN(C)C)ccc4o3)CC(=O)NC1=O)C2. The van der Waals surface area contributed by atoms with Crippen molar-refractivity contribution in [3.63, 3.8) is 0 Å². The maximum atomic E-state index is 13.2. The first kappa shape index (κ1) is 24.4. The van der Waals surface area contributed by atoms with Gasteiger partial charge in [0.2, 0.25) is 11.8 Å². The van der Waals surface area contributed by atoms with E-state index in [0.29, 0.717) is 35.5 Å². The summed E-state index contributed by atoms with van der Waals surface area (Å²) in [5, 5.41) is 5.17. The number of nitrogens with zero attached hydrogens (tertiary/aromatic N) is 3. The number of methoxy groups -OCH3 is 1. The van der Waals surface area contributed by atoms with Crippen LogP contribution >= 0.6 is 0 Å². The van der Waals surface area contributed by atoms with Crippen LogP contribution in [-0.2, 0) is 21.5 Å². The van der Waals surface area contributed by atoms with Gasteiger partial charge in [0.1, 0.15) is 28.1 Å². The van der Waals surface area contributed by atoms with Gasteiger partial charge in [0.15, 0.2) is 5.58 Å². The summed E-state index contributed by atoms with van der Waals surface area (Å²) in [5.74, 6) is -0.811. The molecule has 4 heterocycles. The molecule has 11 heteroatoms. The first-order chi connectivity index (χ1) is 17.7. The van der Waals surface area contributed by atoms with Gasteiger partial charge in [-0.2, -0.15) is 0 Å². The van der Waals surface area contributed by atoms with E-state index in [2.05, 4.69) is 15.6 Å². The fourth-order valence-corrected chi connectivity index (χ4v) is 4.74. The Hall–Kier alpha value is -4.25. The fraction of sp³-hybridized carbons (Fsp3) is 0.346. The predicted octanol–water partition coefficient (Wildman–Crippen LogP) is 1.07. The summed E-state index contributed by atoms with van der Waals surface area (Å²) in [7, 11) is 5.35. The number of rotatable bonds is 8. The van der Waals surface area contributed by atoms with Gasteiger partial charge in [0.25, 0.3) is 11.8 Å². The minimum atomic E-state index is -1.42. The van der Waals surface area contributed by atoms with Crippen molar-refractivity contribution in [2.24, 2.45) is 0 Å². The summed E-state index contributed by atoms with van der Waals surface area (Å²) in [6.45, 7) is 1.38. The molecule has 0 spiro atoms. The number of nitrogens with one attached hydrogen (secondary N) is 2. The van der Waals surface area contributed by atoms with Crippen molar-refractivity contribution >= 4 is 34.7 Å². The Bertz CT molecular complexity index is 1430. The molecule has 11 nitrogen and oxygen atoms in total. The molecule has 37 heavy (non-hydrogen) atoms. The van der Waals surface area contributed by atoms with E-state index in [4.69, 9.17) is 9.15 Å². The van der Waals surface area contributed by atoms with Gasteiger partial charge in [0, 0.05) is 37.8 Å². The third-order valence-electron chi connectivity index (χ3n) is 6.73. The highest BCUT2D eigenvalue weighted by atomic mass is 16.5. The lowest BCUT2D eigenvalue weighted by atomic mass is 9.82. The molecule has 2 aliphatic heterocycles. The number of fused-ring (bicyclic) bond motifs is 2. The lowest BCUT2D eigenvalue weighted by Gasteiger charge is -2.28. The summed E-state index contributed by atoms with van der Waals surface area (Å²) >= 11 is 0. The van der Waals surface area contributed by atoms with Crippen LogP contribution in [0.2, 0.25) is 0 Å². The molecule has 2 N–H and O–H groups in total. The predicted molar refractivity (Wildman–Crippen MR) is 132 cm³/mol. The number of imide groups is 1. The minimum Gasteiger partial charge on any atom is -0.497 e. The van der Waals surface area contributed by atoms with Crippen LogP contribution in [0.5, 0.6) is 5.75 Å². The molecule has 5 rings (SSSR count). The molecule has 4 amide bonds. The topological polar surface area (TPSA) is 134 Å². The number of hydrogen-bond acceptors (Lipinski definition) is 8. The van der Waals surface area contributed by atoms with Gasteiger partial charge in [-0.3, -0.25) is 24.5 Å². The van der Waals surface area contributed by atoms with Crippen LogP contribution in [0.4, 0.5) is 0 Å². The second-order valence-electron chi connectivity index (χ2n) is 9.57. The molecule has 0 aliphatic carbocycles. The van der Waals surface area contributed by atoms with Crippen molar-refractivity contribution in [3.05, 3.63) is 59.0 Å². The molecule has 0 saturated carbocycles. The second kappa shape index (κ2) is 9.32. The Labute approximate surface area is 212 Å². The molecule has 1 atom stereocenters. The van der Waals surface area contributed by atoms with E-state index in [1.807, 2.05) is 25.1 Å². The summed E-state index contributed by atoms with van der Waals surface area (Å²) in [4.78, 5) is 59.1. The van der Waals surface area contributed by atoms with Crippen LogP contribution in [0.15, 0.2) is 40.8 Å². The van der Waals surface area contributed by atoms with Crippen molar-refractivity contribution in [2.75, 3.05) is 40.8 Å². The molecule has 0 unspecified atom stereocenters. The third kappa shape index (κ3) is 4.42. The zero-order valence-electron chi connectivity index (χ0n) is 20.8. The average Bonchev–Trinajstić information content (AvgIpc) is 3.52. The van der Waals surface area contributed by atoms with E-state index in [-0.39, 0.29) is 42.8 Å². The summed E-state index contributed by atoms with van der Waals surface area (Å²) in [5.41, 5.74) is 0.832. The van der Waals surface area contributed by atoms with E-state index in [9.17, 15) is 19.2 Å². The summed E-state index contributed by atoms with van der Waals surface area (Å²) in [6, 6.07) is 9.98. The highest BCUT2D eigenvalue weighted by Gasteiger charge is 2.53. The van der Waals surface area contributed by atoms with Crippen molar-refractivity contribution in [2.45, 2.75) is 18.4 Å². The van der Waals surface area contributed by atoms with Crippen LogP contribution in [0.3, 0.4) is 0 Å². The number of aromatic nitrogens is 1. The Kier molecular flexibility index (Phi) is 6.16. The summed E-state index contributed by atoms with van der Waals surface area (Å²) in [6.07, 6.45) is -0.174. The second-order valence-corrected chi connectivity index (χ2v) is 9.57. The van der Waals surface area contributed by atoms with E-state index >= 15 is 0 Å². The number of benzene rings is 1. The number of furan rings is 1. The van der Waals surface area contributed by atoms with Crippen molar-refractivity contribution in [1.29, 1.82) is 0 Å². The number of likely N-dealkylation sites (N-methyl/N-ethyl adjacent to an activating group) is 1. The zero-order valence-corrected chi connectivity index (χ0v) is 20.8. The van der Waals surface area contributed by atoms with Crippen LogP contribution in [-0.4, -0.2) is 79.3 Å². The number of hydrogen-bond donors (Lipinski definition) is 2. The van der Waals surface area contributed by atoms with E-state index in [0.717, 1.165) is 5.56 Å². The Morgan fingerprint density at radius 3 is 2.73 bits per heavy atom. The van der Waals surface area contributed by atoms with Gasteiger partial charge in [-0.15, -0.1) is 0 Å². The molecule has 0 bridgehead atoms. The first-order valence-electron chi connectivity index (χ1n) is 11.8. The monoisotopic (exact) mass is 505 g/mol. The number of ether oxygens (including phenoxy) is 1. The van der Waals surface area contributed by atoms with E-state index < -0.39 is 17.2 Å². The van der Waals surface area contributed by atoms with Gasteiger partial charge < -0.3 is 24.3 Å². The van der Waals surface area contributed by atoms with Gasteiger partial charge >= 0.3 is 0 Å². The van der Waals surface area contributed by atoms with E-state index in [1.165, 1.54) is 12.0 Å². The van der Waals surface area contributed by atoms with Crippen LogP contribution in [0, 0.1) is 0 Å². The maximum absolute atomic E-state index is 13.2. The fourth-order valence-electron chi connectivity index (χ4n) is 4.74. The molecule has 3 aromatic rings. The number of carbonyl (C=O) groups excluding carboxylic acids is 4. The molecule has 1 fully saturated rings. The van der Waals surface area contributed by atoms with Gasteiger partial charge in [-0.25, -0.2) is 4.98 Å². The van der Waals surface area contributed by atoms with Crippen molar-refractivity contribution in [3.8, 4) is 5.75 Å². The van der Waals surface area contributed by atoms with Crippen molar-refractivity contribution < 1.29 is 28.3 Å². The molecule has 0 radical (unpaired) electrons. The molecule has 192 valence electrons. The average molecular weight is 506 g/mol. The molecular weight excluding hydrogens is 478 g/mol. The summed E-state index contributed by atoms with van der Waals surface area (Å²) < 4.78 is 11.2. The quantitative estimate of drug-likeness (QED) is 0.434. The van der Waals surface area contributed by atoms with Gasteiger partial charge in [-0.05, 0) is 43.9 Å². The van der Waals surface area contributed by atoms with Crippen molar-refractivity contribution in [1.82, 2.24) is 25.4 Å². The third-order valence-corrected chi connectivity index (χ3v) is 6.73. The smallest absolute Gasteiger partial charge is 0.269 e. The van der Waals surface area contributed by atoms with Crippen LogP contribution < -0.4 is 15.4 Å². The zero-order chi connectivity index (χ0) is 26.3. The first-order valence-corrected chi connectivity index (χ1v) is 11.8. The largest absolute Gasteiger partial charge is 0.497 e. The van der Waals surface area contributed by atoms with Gasteiger partial charge in [-0.1, -0.05) is 6.07 Å². The Morgan fingerprint density at radius 2 is 2.03 bits per heavy atom. The van der Waals surface area contributed by atoms with Crippen LogP contribution in [0.1, 0.15) is 38.6 Å². The highest BCUT2D eigenvalue weighted by molar-refractivity contribution is 6.10.